The summed E-state index contributed by atoms with van der Waals surface area (Å²) in [6, 6.07) is 12.0. The number of anilines is 2. The van der Waals surface area contributed by atoms with E-state index < -0.39 is 6.10 Å². The highest BCUT2D eigenvalue weighted by Gasteiger charge is 2.21. The van der Waals surface area contributed by atoms with Gasteiger partial charge >= 0.3 is 0 Å². The predicted molar refractivity (Wildman–Crippen MR) is 86.3 cm³/mol. The molecule has 3 rings (SSSR count). The highest BCUT2D eigenvalue weighted by Crippen LogP contribution is 2.31. The number of benzene rings is 1. The van der Waals surface area contributed by atoms with E-state index in [2.05, 4.69) is 29.0 Å². The van der Waals surface area contributed by atoms with Crippen molar-refractivity contribution < 1.29 is 14.3 Å². The molecule has 0 aliphatic carbocycles. The lowest BCUT2D eigenvalue weighted by atomic mass is 10.1. The molecular formula is C17H22N2O3. The van der Waals surface area contributed by atoms with Crippen molar-refractivity contribution >= 4 is 11.4 Å². The topological polar surface area (TPSA) is 49.1 Å². The normalized spacial score (nSPS) is 15.7. The second-order valence-corrected chi connectivity index (χ2v) is 5.60. The maximum absolute atomic E-state index is 10.2. The molecule has 0 unspecified atom stereocenters. The molecule has 0 radical (unpaired) electrons. The lowest BCUT2D eigenvalue weighted by Gasteiger charge is -2.37. The Balaban J connectivity index is 1.53. The molecule has 0 saturated carbocycles. The minimum absolute atomic E-state index is 0.301. The molecule has 1 aromatic carbocycles. The van der Waals surface area contributed by atoms with Crippen molar-refractivity contribution in [1.29, 1.82) is 0 Å². The summed E-state index contributed by atoms with van der Waals surface area (Å²) in [5.41, 5.74) is 2.37. The first-order chi connectivity index (χ1) is 10.7. The van der Waals surface area contributed by atoms with E-state index in [0.29, 0.717) is 19.8 Å². The van der Waals surface area contributed by atoms with Crippen molar-refractivity contribution in [3.63, 3.8) is 0 Å². The van der Waals surface area contributed by atoms with Gasteiger partial charge in [0.05, 0.1) is 30.3 Å². The highest BCUT2D eigenvalue weighted by atomic mass is 16.5. The smallest absolute Gasteiger partial charge is 0.129 e. The average Bonchev–Trinajstić information content (AvgIpc) is 3.04. The van der Waals surface area contributed by atoms with E-state index in [-0.39, 0.29) is 0 Å². The van der Waals surface area contributed by atoms with Crippen molar-refractivity contribution in [3.8, 4) is 0 Å². The Hall–Kier alpha value is -1.98. The van der Waals surface area contributed by atoms with Crippen LogP contribution in [0.2, 0.25) is 0 Å². The molecule has 0 spiro atoms. The number of likely N-dealkylation sites (N-methyl/N-ethyl adjacent to an activating group) is 1. The van der Waals surface area contributed by atoms with E-state index >= 15 is 0 Å². The molecule has 22 heavy (non-hydrogen) atoms. The van der Waals surface area contributed by atoms with Gasteiger partial charge < -0.3 is 24.1 Å². The molecule has 118 valence electrons. The van der Waals surface area contributed by atoms with Crippen molar-refractivity contribution in [2.45, 2.75) is 12.7 Å². The summed E-state index contributed by atoms with van der Waals surface area (Å²) in [6.07, 6.45) is 1.10. The van der Waals surface area contributed by atoms with Crippen LogP contribution in [0.1, 0.15) is 5.76 Å². The second kappa shape index (κ2) is 6.85. The summed E-state index contributed by atoms with van der Waals surface area (Å²) in [4.78, 5) is 4.46. The van der Waals surface area contributed by atoms with Gasteiger partial charge in [-0.05, 0) is 24.3 Å². The number of aliphatic hydroxyl groups is 1. The quantitative estimate of drug-likeness (QED) is 0.885. The fraction of sp³-hybridized carbons (Fsp3) is 0.412. The van der Waals surface area contributed by atoms with Gasteiger partial charge in [0.25, 0.3) is 0 Å². The van der Waals surface area contributed by atoms with Crippen molar-refractivity contribution in [2.24, 2.45) is 0 Å². The molecule has 1 aliphatic rings. The molecule has 1 aliphatic heterocycles. The summed E-state index contributed by atoms with van der Waals surface area (Å²) in [7, 11) is 2.10. The third kappa shape index (κ3) is 3.43. The standard InChI is InChI=1S/C17H22N2O3/c1-18-8-9-19(17-7-3-2-6-16(17)18)11-14(20)12-21-13-15-5-4-10-22-15/h2-7,10,14,20H,8-9,11-13H2,1H3/t14-/m0/s1. The third-order valence-corrected chi connectivity index (χ3v) is 3.90. The number of hydrogen-bond donors (Lipinski definition) is 1. The molecule has 1 N–H and O–H groups in total. The number of aliphatic hydroxyl groups excluding tert-OH is 1. The zero-order chi connectivity index (χ0) is 15.4. The SMILES string of the molecule is CN1CCN(C[C@H](O)COCc2ccco2)c2ccccc21. The first kappa shape index (κ1) is 14.9. The molecule has 0 bridgehead atoms. The largest absolute Gasteiger partial charge is 0.467 e. The van der Waals surface area contributed by atoms with Gasteiger partial charge in [-0.1, -0.05) is 12.1 Å². The lowest BCUT2D eigenvalue weighted by Crippen LogP contribution is -2.43. The number of nitrogens with zero attached hydrogens (tertiary/aromatic N) is 2. The van der Waals surface area contributed by atoms with E-state index in [1.165, 1.54) is 11.4 Å². The second-order valence-electron chi connectivity index (χ2n) is 5.60. The number of fused-ring (bicyclic) bond motifs is 1. The summed E-state index contributed by atoms with van der Waals surface area (Å²) >= 11 is 0. The zero-order valence-electron chi connectivity index (χ0n) is 12.8. The first-order valence-corrected chi connectivity index (χ1v) is 7.57. The predicted octanol–water partition coefficient (Wildman–Crippen LogP) is 2.11. The van der Waals surface area contributed by atoms with Crippen LogP contribution in [0, 0.1) is 0 Å². The van der Waals surface area contributed by atoms with Gasteiger partial charge in [-0.25, -0.2) is 0 Å². The molecule has 0 saturated heterocycles. The number of rotatable bonds is 6. The van der Waals surface area contributed by atoms with Gasteiger partial charge in [-0.2, -0.15) is 0 Å². The van der Waals surface area contributed by atoms with Crippen molar-refractivity contribution in [2.75, 3.05) is 43.1 Å². The Kier molecular flexibility index (Phi) is 4.65. The van der Waals surface area contributed by atoms with Crippen LogP contribution in [-0.2, 0) is 11.3 Å². The third-order valence-electron chi connectivity index (χ3n) is 3.90. The first-order valence-electron chi connectivity index (χ1n) is 7.57. The zero-order valence-corrected chi connectivity index (χ0v) is 12.8. The molecule has 0 amide bonds. The molecule has 0 fully saturated rings. The Labute approximate surface area is 130 Å². The van der Waals surface area contributed by atoms with Crippen LogP contribution >= 0.6 is 0 Å². The maximum atomic E-state index is 10.2. The minimum atomic E-state index is -0.522. The van der Waals surface area contributed by atoms with Crippen LogP contribution in [-0.4, -0.2) is 44.5 Å². The molecule has 5 heteroatoms. The van der Waals surface area contributed by atoms with Gasteiger partial charge in [0.15, 0.2) is 0 Å². The van der Waals surface area contributed by atoms with Gasteiger partial charge in [0.1, 0.15) is 12.4 Å². The number of β-amino-alcohol motifs (C(OH)–C–C–N with tert-alkyl or cyclic N) is 1. The number of para-hydroxylation sites is 2. The van der Waals surface area contributed by atoms with Crippen LogP contribution in [0.25, 0.3) is 0 Å². The molecule has 2 heterocycles. The molecule has 1 atom stereocenters. The Morgan fingerprint density at radius 3 is 2.77 bits per heavy atom. The molecule has 5 nitrogen and oxygen atoms in total. The monoisotopic (exact) mass is 302 g/mol. The molecule has 1 aromatic heterocycles. The van der Waals surface area contributed by atoms with Gasteiger partial charge in [-0.3, -0.25) is 0 Å². The van der Waals surface area contributed by atoms with Crippen LogP contribution < -0.4 is 9.80 Å². The number of furan rings is 1. The van der Waals surface area contributed by atoms with E-state index in [4.69, 9.17) is 9.15 Å². The summed E-state index contributed by atoms with van der Waals surface area (Å²) in [5.74, 6) is 0.775. The lowest BCUT2D eigenvalue weighted by molar-refractivity contribution is 0.0255. The molecular weight excluding hydrogens is 280 g/mol. The van der Waals surface area contributed by atoms with E-state index in [9.17, 15) is 5.11 Å². The minimum Gasteiger partial charge on any atom is -0.467 e. The van der Waals surface area contributed by atoms with Crippen molar-refractivity contribution in [3.05, 3.63) is 48.4 Å². The molecule has 2 aromatic rings. The van der Waals surface area contributed by atoms with E-state index in [1.54, 1.807) is 6.26 Å². The van der Waals surface area contributed by atoms with Gasteiger partial charge in [0, 0.05) is 26.7 Å². The van der Waals surface area contributed by atoms with E-state index in [0.717, 1.165) is 18.8 Å². The highest BCUT2D eigenvalue weighted by molar-refractivity contribution is 5.73. The Morgan fingerprint density at radius 2 is 2.00 bits per heavy atom. The van der Waals surface area contributed by atoms with Crippen LogP contribution in [0.5, 0.6) is 0 Å². The van der Waals surface area contributed by atoms with Crippen molar-refractivity contribution in [1.82, 2.24) is 0 Å². The summed E-state index contributed by atoms with van der Waals surface area (Å²) in [5, 5.41) is 10.2. The van der Waals surface area contributed by atoms with Gasteiger partial charge in [0.2, 0.25) is 0 Å². The fourth-order valence-electron chi connectivity index (χ4n) is 2.75. The van der Waals surface area contributed by atoms with Crippen LogP contribution in [0.4, 0.5) is 11.4 Å². The maximum Gasteiger partial charge on any atom is 0.129 e. The Bertz CT molecular complexity index is 585. The van der Waals surface area contributed by atoms with E-state index in [1.807, 2.05) is 24.3 Å². The van der Waals surface area contributed by atoms with Gasteiger partial charge in [-0.15, -0.1) is 0 Å². The Morgan fingerprint density at radius 1 is 1.18 bits per heavy atom. The number of ether oxygens (including phenoxy) is 1. The van der Waals surface area contributed by atoms with Crippen LogP contribution in [0.3, 0.4) is 0 Å². The number of hydrogen-bond acceptors (Lipinski definition) is 5. The summed E-state index contributed by atoms with van der Waals surface area (Å²) in [6.45, 7) is 3.13. The van der Waals surface area contributed by atoms with Crippen LogP contribution in [0.15, 0.2) is 47.1 Å². The average molecular weight is 302 g/mol. The fourth-order valence-corrected chi connectivity index (χ4v) is 2.75. The summed E-state index contributed by atoms with van der Waals surface area (Å²) < 4.78 is 10.7.